The second-order valence-electron chi connectivity index (χ2n) is 6.21. The SMILES string of the molecule is CC(=O)/C=C(/C)O.CC(C)(C)c1cc(-c2[c-]cccc2)ncn1.[Ir]. The predicted octanol–water partition coefficient (Wildman–Crippen LogP) is 4.28. The predicted molar refractivity (Wildman–Crippen MR) is 92.1 cm³/mol. The summed E-state index contributed by atoms with van der Waals surface area (Å²) in [6.07, 6.45) is 2.79. The second-order valence-corrected chi connectivity index (χ2v) is 6.21. The van der Waals surface area contributed by atoms with Crippen LogP contribution in [-0.4, -0.2) is 20.9 Å². The quantitative estimate of drug-likeness (QED) is 0.378. The smallest absolute Gasteiger partial charge is 0.155 e. The van der Waals surface area contributed by atoms with Gasteiger partial charge in [0.2, 0.25) is 0 Å². The summed E-state index contributed by atoms with van der Waals surface area (Å²) in [6.45, 7) is 9.29. The molecule has 1 aromatic carbocycles. The second kappa shape index (κ2) is 10.1. The molecule has 0 fully saturated rings. The van der Waals surface area contributed by atoms with E-state index >= 15 is 0 Å². The molecule has 0 aliphatic rings. The summed E-state index contributed by atoms with van der Waals surface area (Å²) in [4.78, 5) is 18.6. The van der Waals surface area contributed by atoms with Gasteiger partial charge in [0, 0.05) is 37.3 Å². The average Bonchev–Trinajstić information content (AvgIpc) is 2.47. The van der Waals surface area contributed by atoms with E-state index < -0.39 is 0 Å². The zero-order chi connectivity index (χ0) is 17.5. The fourth-order valence-corrected chi connectivity index (χ4v) is 1.76. The maximum atomic E-state index is 10.0. The Hall–Kier alpha value is -1.84. The van der Waals surface area contributed by atoms with Gasteiger partial charge in [-0.05, 0) is 19.5 Å². The number of nitrogens with zero attached hydrogens (tertiary/aromatic N) is 2. The number of hydrogen-bond acceptors (Lipinski definition) is 4. The first kappa shape index (κ1) is 22.2. The van der Waals surface area contributed by atoms with Crippen LogP contribution in [0.1, 0.15) is 40.3 Å². The van der Waals surface area contributed by atoms with Crippen molar-refractivity contribution in [2.75, 3.05) is 0 Å². The summed E-state index contributed by atoms with van der Waals surface area (Å²) in [6, 6.07) is 13.1. The van der Waals surface area contributed by atoms with Crippen LogP contribution in [0.2, 0.25) is 0 Å². The van der Waals surface area contributed by atoms with Gasteiger partial charge in [-0.1, -0.05) is 26.8 Å². The number of aliphatic hydroxyl groups is 1. The first-order valence-electron chi connectivity index (χ1n) is 7.37. The van der Waals surface area contributed by atoms with Crippen LogP contribution in [0.15, 0.2) is 48.5 Å². The Morgan fingerprint density at radius 3 is 2.29 bits per heavy atom. The Labute approximate surface area is 157 Å². The fraction of sp³-hybridized carbons (Fsp3) is 0.316. The van der Waals surface area contributed by atoms with E-state index in [-0.39, 0.29) is 37.1 Å². The van der Waals surface area contributed by atoms with E-state index in [4.69, 9.17) is 5.11 Å². The molecule has 0 saturated carbocycles. The molecule has 0 bridgehead atoms. The summed E-state index contributed by atoms with van der Waals surface area (Å²) < 4.78 is 0. The Kier molecular flexibility index (Phi) is 9.34. The Morgan fingerprint density at radius 1 is 1.21 bits per heavy atom. The van der Waals surface area contributed by atoms with Gasteiger partial charge >= 0.3 is 0 Å². The number of hydrogen-bond donors (Lipinski definition) is 1. The zero-order valence-electron chi connectivity index (χ0n) is 14.6. The number of rotatable bonds is 2. The van der Waals surface area contributed by atoms with E-state index in [1.807, 2.05) is 30.3 Å². The molecular weight excluding hydrogens is 480 g/mol. The van der Waals surface area contributed by atoms with Crippen LogP contribution in [0.4, 0.5) is 0 Å². The molecule has 131 valence electrons. The van der Waals surface area contributed by atoms with Crippen molar-refractivity contribution in [2.45, 2.75) is 40.0 Å². The molecule has 1 radical (unpaired) electrons. The monoisotopic (exact) mass is 504 g/mol. The molecule has 1 N–H and O–H groups in total. The molecule has 2 aromatic rings. The van der Waals surface area contributed by atoms with Gasteiger partial charge in [-0.3, -0.25) is 9.78 Å². The minimum absolute atomic E-state index is 0. The molecule has 0 saturated heterocycles. The summed E-state index contributed by atoms with van der Waals surface area (Å²) in [5, 5.41) is 8.36. The third kappa shape index (κ3) is 8.14. The minimum atomic E-state index is -0.125. The van der Waals surface area contributed by atoms with Gasteiger partial charge in [-0.25, -0.2) is 4.98 Å². The van der Waals surface area contributed by atoms with Gasteiger partial charge in [0.15, 0.2) is 5.78 Å². The summed E-state index contributed by atoms with van der Waals surface area (Å²) in [5.74, 6) is -0.0625. The third-order valence-corrected chi connectivity index (χ3v) is 2.83. The van der Waals surface area contributed by atoms with E-state index in [2.05, 4.69) is 36.8 Å². The van der Waals surface area contributed by atoms with E-state index in [1.165, 1.54) is 19.9 Å². The molecular formula is C19H23IrN2O2-. The number of aliphatic hydroxyl groups excluding tert-OH is 1. The number of carbonyl (C=O) groups excluding carboxylic acids is 1. The van der Waals surface area contributed by atoms with Crippen molar-refractivity contribution in [3.63, 3.8) is 0 Å². The Bertz CT molecular complexity index is 673. The van der Waals surface area contributed by atoms with Crippen molar-refractivity contribution >= 4 is 5.78 Å². The van der Waals surface area contributed by atoms with Gasteiger partial charge < -0.3 is 5.11 Å². The summed E-state index contributed by atoms with van der Waals surface area (Å²) >= 11 is 0. The van der Waals surface area contributed by atoms with Crippen molar-refractivity contribution < 1.29 is 30.0 Å². The van der Waals surface area contributed by atoms with E-state index in [9.17, 15) is 4.79 Å². The van der Waals surface area contributed by atoms with Crippen molar-refractivity contribution in [3.8, 4) is 11.3 Å². The molecule has 0 atom stereocenters. The van der Waals surface area contributed by atoms with Crippen LogP contribution in [0.5, 0.6) is 0 Å². The van der Waals surface area contributed by atoms with Crippen LogP contribution in [0, 0.1) is 6.07 Å². The summed E-state index contributed by atoms with van der Waals surface area (Å²) in [5.41, 5.74) is 3.04. The van der Waals surface area contributed by atoms with Gasteiger partial charge in [0.05, 0.1) is 5.76 Å². The third-order valence-electron chi connectivity index (χ3n) is 2.83. The van der Waals surface area contributed by atoms with Crippen LogP contribution in [0.25, 0.3) is 11.3 Å². The van der Waals surface area contributed by atoms with Crippen LogP contribution in [0.3, 0.4) is 0 Å². The minimum Gasteiger partial charge on any atom is -0.512 e. The molecule has 0 aliphatic carbocycles. The maximum absolute atomic E-state index is 10.0. The maximum Gasteiger partial charge on any atom is 0.155 e. The molecule has 5 heteroatoms. The van der Waals surface area contributed by atoms with Gasteiger partial charge in [0.1, 0.15) is 6.33 Å². The average molecular weight is 504 g/mol. The van der Waals surface area contributed by atoms with Crippen LogP contribution >= 0.6 is 0 Å². The summed E-state index contributed by atoms with van der Waals surface area (Å²) in [7, 11) is 0. The Balaban J connectivity index is 0.000000570. The zero-order valence-corrected chi connectivity index (χ0v) is 17.0. The van der Waals surface area contributed by atoms with Crippen LogP contribution in [-0.2, 0) is 30.3 Å². The molecule has 1 heterocycles. The largest absolute Gasteiger partial charge is 0.512 e. The number of allylic oxidation sites excluding steroid dienone is 2. The number of aromatic nitrogens is 2. The Morgan fingerprint density at radius 2 is 1.88 bits per heavy atom. The fourth-order valence-electron chi connectivity index (χ4n) is 1.76. The van der Waals surface area contributed by atoms with E-state index in [1.54, 1.807) is 6.33 Å². The van der Waals surface area contributed by atoms with E-state index in [0.29, 0.717) is 0 Å². The van der Waals surface area contributed by atoms with Crippen molar-refractivity contribution in [1.82, 2.24) is 9.97 Å². The molecule has 4 nitrogen and oxygen atoms in total. The van der Waals surface area contributed by atoms with Crippen LogP contribution < -0.4 is 0 Å². The van der Waals surface area contributed by atoms with Gasteiger partial charge in [-0.2, -0.15) is 0 Å². The van der Waals surface area contributed by atoms with Gasteiger partial charge in [-0.15, -0.1) is 35.9 Å². The molecule has 0 spiro atoms. The number of benzene rings is 1. The first-order chi connectivity index (χ1) is 10.7. The van der Waals surface area contributed by atoms with E-state index in [0.717, 1.165) is 17.0 Å². The normalized spacial score (nSPS) is 11.0. The van der Waals surface area contributed by atoms with Crippen molar-refractivity contribution in [3.05, 3.63) is 60.3 Å². The standard InChI is InChI=1S/C14H15N2.C5H8O2.Ir/c1-14(2,3)13-9-12(15-10-16-13)11-7-5-4-6-8-11;1-4(6)3-5(2)7;/h4-7,9-10H,1-3H3;3,6H,1-2H3;/q-1;;/b;4-3-;. The number of ketones is 1. The molecule has 0 aliphatic heterocycles. The van der Waals surface area contributed by atoms with Crippen molar-refractivity contribution in [2.24, 2.45) is 0 Å². The molecule has 2 rings (SSSR count). The molecule has 0 amide bonds. The topological polar surface area (TPSA) is 63.1 Å². The first-order valence-corrected chi connectivity index (χ1v) is 7.37. The number of carbonyl (C=O) groups is 1. The molecule has 0 unspecified atom stereocenters. The molecule has 24 heavy (non-hydrogen) atoms. The van der Waals surface area contributed by atoms with Gasteiger partial charge in [0.25, 0.3) is 0 Å². The molecule has 1 aromatic heterocycles. The van der Waals surface area contributed by atoms with Crippen molar-refractivity contribution in [1.29, 1.82) is 0 Å².